The van der Waals surface area contributed by atoms with Gasteiger partial charge in [-0.15, -0.1) is 0 Å². The Labute approximate surface area is 78.2 Å². The van der Waals surface area contributed by atoms with Crippen LogP contribution in [0.1, 0.15) is 26.7 Å². The van der Waals surface area contributed by atoms with Gasteiger partial charge in [-0.25, -0.2) is 5.84 Å². The molecule has 0 spiro atoms. The summed E-state index contributed by atoms with van der Waals surface area (Å²) in [4.78, 5) is 23.5. The van der Waals surface area contributed by atoms with E-state index in [4.69, 9.17) is 5.84 Å². The number of nitrogens with two attached hydrogens (primary N) is 1. The van der Waals surface area contributed by atoms with Gasteiger partial charge in [-0.3, -0.25) is 15.0 Å². The Bertz CT molecular complexity index is 190. The van der Waals surface area contributed by atoms with Crippen LogP contribution >= 0.6 is 0 Å². The zero-order valence-electron chi connectivity index (χ0n) is 8.33. The summed E-state index contributed by atoms with van der Waals surface area (Å²) in [6.45, 7) is 3.94. The number of carbonyl (C=O) groups excluding carboxylic acids is 2. The molecule has 0 aromatic rings. The first kappa shape index (κ1) is 11.9. The summed E-state index contributed by atoms with van der Waals surface area (Å²) in [7, 11) is 1.61. The van der Waals surface area contributed by atoms with Crippen molar-refractivity contribution in [1.29, 1.82) is 0 Å². The van der Waals surface area contributed by atoms with Crippen molar-refractivity contribution in [2.24, 2.45) is 5.84 Å². The van der Waals surface area contributed by atoms with Gasteiger partial charge in [0.05, 0.1) is 0 Å². The van der Waals surface area contributed by atoms with Gasteiger partial charge in [-0.1, -0.05) is 13.8 Å². The Morgan fingerprint density at radius 3 is 2.15 bits per heavy atom. The Hall–Kier alpha value is -1.10. The molecule has 0 aromatic heterocycles. The molecule has 0 heterocycles. The van der Waals surface area contributed by atoms with Gasteiger partial charge in [0, 0.05) is 13.1 Å². The van der Waals surface area contributed by atoms with Crippen LogP contribution in [0.3, 0.4) is 0 Å². The molecular formula is C8H17N3O2. The zero-order chi connectivity index (χ0) is 10.4. The van der Waals surface area contributed by atoms with Crippen LogP contribution in [0.2, 0.25) is 0 Å². The molecule has 0 rings (SSSR count). The fourth-order valence-electron chi connectivity index (χ4n) is 1.22. The lowest BCUT2D eigenvalue weighted by Gasteiger charge is -2.25. The van der Waals surface area contributed by atoms with Crippen LogP contribution in [-0.4, -0.2) is 29.8 Å². The third-order valence-corrected chi connectivity index (χ3v) is 2.14. The van der Waals surface area contributed by atoms with E-state index >= 15 is 0 Å². The van der Waals surface area contributed by atoms with Gasteiger partial charge in [-0.05, 0) is 12.8 Å². The first-order valence-corrected chi connectivity index (χ1v) is 4.36. The van der Waals surface area contributed by atoms with Crippen molar-refractivity contribution in [2.75, 3.05) is 7.05 Å². The van der Waals surface area contributed by atoms with Crippen molar-refractivity contribution in [2.45, 2.75) is 32.7 Å². The highest BCUT2D eigenvalue weighted by Crippen LogP contribution is 2.05. The Morgan fingerprint density at radius 2 is 1.85 bits per heavy atom. The molecule has 76 valence electrons. The molecule has 0 aromatic carbocycles. The van der Waals surface area contributed by atoms with E-state index in [0.29, 0.717) is 0 Å². The van der Waals surface area contributed by atoms with Crippen LogP contribution in [0.25, 0.3) is 0 Å². The highest BCUT2D eigenvalue weighted by atomic mass is 16.2. The molecule has 2 amide bonds. The third kappa shape index (κ3) is 3.02. The van der Waals surface area contributed by atoms with E-state index in [1.54, 1.807) is 7.05 Å². The predicted molar refractivity (Wildman–Crippen MR) is 49.5 cm³/mol. The van der Waals surface area contributed by atoms with Crippen molar-refractivity contribution in [3.05, 3.63) is 0 Å². The molecule has 0 radical (unpaired) electrons. The van der Waals surface area contributed by atoms with Crippen molar-refractivity contribution in [3.8, 4) is 0 Å². The van der Waals surface area contributed by atoms with E-state index in [2.05, 4.69) is 0 Å². The highest BCUT2D eigenvalue weighted by molar-refractivity contribution is 6.34. The summed E-state index contributed by atoms with van der Waals surface area (Å²) in [5.41, 5.74) is 1.82. The van der Waals surface area contributed by atoms with Crippen LogP contribution < -0.4 is 11.3 Å². The van der Waals surface area contributed by atoms with Crippen molar-refractivity contribution < 1.29 is 9.59 Å². The maximum absolute atomic E-state index is 11.3. The van der Waals surface area contributed by atoms with E-state index in [1.807, 2.05) is 19.3 Å². The highest BCUT2D eigenvalue weighted by Gasteiger charge is 2.22. The molecular weight excluding hydrogens is 170 g/mol. The van der Waals surface area contributed by atoms with Gasteiger partial charge < -0.3 is 4.90 Å². The molecule has 5 heteroatoms. The number of hydrazine groups is 1. The van der Waals surface area contributed by atoms with E-state index in [1.165, 1.54) is 4.90 Å². The first-order valence-electron chi connectivity index (χ1n) is 4.36. The molecule has 13 heavy (non-hydrogen) atoms. The molecule has 5 nitrogen and oxygen atoms in total. The normalized spacial score (nSPS) is 9.92. The summed E-state index contributed by atoms with van der Waals surface area (Å²) in [5, 5.41) is 0. The number of hydrogen-bond donors (Lipinski definition) is 2. The van der Waals surface area contributed by atoms with E-state index < -0.39 is 11.8 Å². The fourth-order valence-corrected chi connectivity index (χ4v) is 1.22. The molecule has 0 fully saturated rings. The average Bonchev–Trinajstić information content (AvgIpc) is 2.17. The van der Waals surface area contributed by atoms with E-state index in [-0.39, 0.29) is 6.04 Å². The van der Waals surface area contributed by atoms with Crippen molar-refractivity contribution in [1.82, 2.24) is 10.3 Å². The molecule has 0 saturated carbocycles. The van der Waals surface area contributed by atoms with Crippen LogP contribution in [0, 0.1) is 0 Å². The second-order valence-corrected chi connectivity index (χ2v) is 2.86. The van der Waals surface area contributed by atoms with Crippen LogP contribution in [0.5, 0.6) is 0 Å². The molecule has 0 aliphatic carbocycles. The molecule has 0 aliphatic heterocycles. The van der Waals surface area contributed by atoms with Gasteiger partial charge in [0.2, 0.25) is 0 Å². The Kier molecular flexibility index (Phi) is 5.06. The van der Waals surface area contributed by atoms with Crippen molar-refractivity contribution >= 4 is 11.8 Å². The third-order valence-electron chi connectivity index (χ3n) is 2.14. The fraction of sp³-hybridized carbons (Fsp3) is 0.750. The maximum atomic E-state index is 11.3. The number of likely N-dealkylation sites (N-methyl/N-ethyl adjacent to an activating group) is 1. The summed E-state index contributed by atoms with van der Waals surface area (Å²) in [5.74, 6) is 3.49. The van der Waals surface area contributed by atoms with E-state index in [9.17, 15) is 9.59 Å². The maximum Gasteiger partial charge on any atom is 0.323 e. The Balaban J connectivity index is 4.31. The number of nitrogens with zero attached hydrogens (tertiary/aromatic N) is 1. The minimum absolute atomic E-state index is 0.102. The number of nitrogens with one attached hydrogen (secondary N) is 1. The van der Waals surface area contributed by atoms with Gasteiger partial charge in [0.1, 0.15) is 0 Å². The number of rotatable bonds is 3. The summed E-state index contributed by atoms with van der Waals surface area (Å²) in [6.07, 6.45) is 1.66. The smallest absolute Gasteiger partial charge is 0.323 e. The van der Waals surface area contributed by atoms with Gasteiger partial charge in [0.25, 0.3) is 0 Å². The largest absolute Gasteiger partial charge is 0.335 e. The second kappa shape index (κ2) is 5.53. The van der Waals surface area contributed by atoms with Crippen LogP contribution in [0.4, 0.5) is 0 Å². The van der Waals surface area contributed by atoms with Gasteiger partial charge in [0.15, 0.2) is 0 Å². The van der Waals surface area contributed by atoms with Crippen LogP contribution in [0.15, 0.2) is 0 Å². The van der Waals surface area contributed by atoms with Gasteiger partial charge in [-0.2, -0.15) is 0 Å². The van der Waals surface area contributed by atoms with Crippen molar-refractivity contribution in [3.63, 3.8) is 0 Å². The summed E-state index contributed by atoms with van der Waals surface area (Å²) >= 11 is 0. The van der Waals surface area contributed by atoms with Gasteiger partial charge >= 0.3 is 11.8 Å². The summed E-state index contributed by atoms with van der Waals surface area (Å²) < 4.78 is 0. The minimum atomic E-state index is -0.769. The number of amides is 2. The monoisotopic (exact) mass is 187 g/mol. The molecule has 3 N–H and O–H groups in total. The standard InChI is InChI=1S/C8H17N3O2/c1-4-6(5-2)11(3)8(13)7(12)10-9/h6H,4-5,9H2,1-3H3,(H,10,12). The Morgan fingerprint density at radius 1 is 1.38 bits per heavy atom. The predicted octanol–water partition coefficient (Wildman–Crippen LogP) is -0.377. The minimum Gasteiger partial charge on any atom is -0.335 e. The number of hydrogen-bond acceptors (Lipinski definition) is 3. The quantitative estimate of drug-likeness (QED) is 0.274. The SMILES string of the molecule is CCC(CC)N(C)C(=O)C(=O)NN. The molecule has 0 bridgehead atoms. The van der Waals surface area contributed by atoms with E-state index in [0.717, 1.165) is 12.8 Å². The molecule has 0 saturated heterocycles. The lowest BCUT2D eigenvalue weighted by molar-refractivity contribution is -0.146. The van der Waals surface area contributed by atoms with Crippen LogP contribution in [-0.2, 0) is 9.59 Å². The molecule has 0 aliphatic rings. The zero-order valence-corrected chi connectivity index (χ0v) is 8.33. The average molecular weight is 187 g/mol. The molecule has 0 atom stereocenters. The first-order chi connectivity index (χ1) is 6.08. The topological polar surface area (TPSA) is 75.4 Å². The number of carbonyl (C=O) groups is 2. The lowest BCUT2D eigenvalue weighted by Crippen LogP contribution is -2.47. The molecule has 0 unspecified atom stereocenters. The lowest BCUT2D eigenvalue weighted by atomic mass is 10.1. The second-order valence-electron chi connectivity index (χ2n) is 2.86. The summed E-state index contributed by atoms with van der Waals surface area (Å²) in [6, 6.07) is 0.102.